The van der Waals surface area contributed by atoms with Crippen LogP contribution in [0.1, 0.15) is 5.56 Å². The Hall–Kier alpha value is -3.32. The van der Waals surface area contributed by atoms with Crippen molar-refractivity contribution in [3.63, 3.8) is 0 Å². The number of hydrogen-bond donors (Lipinski definition) is 1. The van der Waals surface area contributed by atoms with Crippen molar-refractivity contribution in [1.82, 2.24) is 0 Å². The zero-order chi connectivity index (χ0) is 20.9. The molecule has 0 aromatic heterocycles. The van der Waals surface area contributed by atoms with Crippen LogP contribution in [0.5, 0.6) is 5.75 Å². The Morgan fingerprint density at radius 2 is 1.66 bits per heavy atom. The fourth-order valence-corrected chi connectivity index (χ4v) is 4.14. The standard InChI is InChI=1S/C22H22N2O4S/c1-24(19-11-4-3-5-12-19)29(26,27)20-13-8-10-18(16-20)23-22(25)15-17-9-6-7-14-21(17)28-2/h3-14,16H,15H2,1-2H3,(H,23,25). The van der Waals surface area contributed by atoms with E-state index >= 15 is 0 Å². The topological polar surface area (TPSA) is 75.7 Å². The van der Waals surface area contributed by atoms with Crippen LogP contribution in [-0.4, -0.2) is 28.5 Å². The van der Waals surface area contributed by atoms with Crippen LogP contribution in [0.2, 0.25) is 0 Å². The summed E-state index contributed by atoms with van der Waals surface area (Å²) in [5, 5.41) is 2.76. The van der Waals surface area contributed by atoms with Crippen LogP contribution >= 0.6 is 0 Å². The fraction of sp³-hybridized carbons (Fsp3) is 0.136. The quantitative estimate of drug-likeness (QED) is 0.644. The van der Waals surface area contributed by atoms with E-state index in [9.17, 15) is 13.2 Å². The molecule has 0 fully saturated rings. The zero-order valence-electron chi connectivity index (χ0n) is 16.2. The predicted molar refractivity (Wildman–Crippen MR) is 114 cm³/mol. The van der Waals surface area contributed by atoms with Gasteiger partial charge in [-0.2, -0.15) is 0 Å². The van der Waals surface area contributed by atoms with Crippen LogP contribution in [0.25, 0.3) is 0 Å². The average molecular weight is 410 g/mol. The van der Waals surface area contributed by atoms with Gasteiger partial charge >= 0.3 is 0 Å². The first kappa shape index (κ1) is 20.4. The summed E-state index contributed by atoms with van der Waals surface area (Å²) in [4.78, 5) is 12.5. The number of nitrogens with one attached hydrogen (secondary N) is 1. The van der Waals surface area contributed by atoms with Gasteiger partial charge in [0.15, 0.2) is 0 Å². The second-order valence-corrected chi connectivity index (χ2v) is 8.34. The molecule has 0 saturated carbocycles. The van der Waals surface area contributed by atoms with Gasteiger partial charge < -0.3 is 10.1 Å². The molecule has 6 nitrogen and oxygen atoms in total. The molecule has 0 atom stereocenters. The van der Waals surface area contributed by atoms with E-state index in [1.165, 1.54) is 23.5 Å². The Labute approximate surface area is 170 Å². The smallest absolute Gasteiger partial charge is 0.264 e. The summed E-state index contributed by atoms with van der Waals surface area (Å²) in [5.41, 5.74) is 1.71. The summed E-state index contributed by atoms with van der Waals surface area (Å²) >= 11 is 0. The second kappa shape index (κ2) is 8.79. The molecule has 0 radical (unpaired) electrons. The van der Waals surface area contributed by atoms with Crippen molar-refractivity contribution in [2.75, 3.05) is 23.8 Å². The molecule has 3 rings (SSSR count). The van der Waals surface area contributed by atoms with Crippen molar-refractivity contribution in [3.05, 3.63) is 84.4 Å². The van der Waals surface area contributed by atoms with Gasteiger partial charge in [0.25, 0.3) is 10.0 Å². The van der Waals surface area contributed by atoms with E-state index in [1.807, 2.05) is 24.3 Å². The molecule has 150 valence electrons. The number of methoxy groups -OCH3 is 1. The van der Waals surface area contributed by atoms with Crippen molar-refractivity contribution < 1.29 is 17.9 Å². The number of benzene rings is 3. The van der Waals surface area contributed by atoms with Gasteiger partial charge in [-0.3, -0.25) is 9.10 Å². The average Bonchev–Trinajstić information content (AvgIpc) is 2.74. The van der Waals surface area contributed by atoms with E-state index in [0.717, 1.165) is 5.56 Å². The first-order valence-electron chi connectivity index (χ1n) is 8.97. The maximum absolute atomic E-state index is 12.9. The summed E-state index contributed by atoms with van der Waals surface area (Å²) in [5.74, 6) is 0.365. The predicted octanol–water partition coefficient (Wildman–Crippen LogP) is 3.70. The number of sulfonamides is 1. The largest absolute Gasteiger partial charge is 0.496 e. The summed E-state index contributed by atoms with van der Waals surface area (Å²) in [6.45, 7) is 0. The number of carbonyl (C=O) groups is 1. The Morgan fingerprint density at radius 1 is 0.966 bits per heavy atom. The van der Waals surface area contributed by atoms with Crippen molar-refractivity contribution in [2.45, 2.75) is 11.3 Å². The van der Waals surface area contributed by atoms with E-state index in [2.05, 4.69) is 5.32 Å². The molecule has 0 unspecified atom stereocenters. The molecule has 7 heteroatoms. The van der Waals surface area contributed by atoms with Crippen molar-refractivity contribution in [3.8, 4) is 5.75 Å². The number of nitrogens with zero attached hydrogens (tertiary/aromatic N) is 1. The first-order valence-corrected chi connectivity index (χ1v) is 10.4. The van der Waals surface area contributed by atoms with E-state index in [0.29, 0.717) is 17.1 Å². The lowest BCUT2D eigenvalue weighted by Crippen LogP contribution is -2.26. The lowest BCUT2D eigenvalue weighted by atomic mass is 10.1. The summed E-state index contributed by atoms with van der Waals surface area (Å²) in [7, 11) is -0.710. The van der Waals surface area contributed by atoms with E-state index in [4.69, 9.17) is 4.74 Å². The number of carbonyl (C=O) groups excluding carboxylic acids is 1. The highest BCUT2D eigenvalue weighted by atomic mass is 32.2. The Bertz CT molecular complexity index is 1100. The molecule has 0 aliphatic carbocycles. The molecule has 0 aliphatic rings. The molecule has 1 N–H and O–H groups in total. The van der Waals surface area contributed by atoms with Gasteiger partial charge in [-0.15, -0.1) is 0 Å². The minimum atomic E-state index is -3.76. The van der Waals surface area contributed by atoms with Gasteiger partial charge in [-0.1, -0.05) is 42.5 Å². The van der Waals surface area contributed by atoms with Crippen molar-refractivity contribution >= 4 is 27.3 Å². The number of amides is 1. The third-order valence-corrected chi connectivity index (χ3v) is 6.22. The highest BCUT2D eigenvalue weighted by Gasteiger charge is 2.21. The Kier molecular flexibility index (Phi) is 6.19. The normalized spacial score (nSPS) is 11.0. The maximum Gasteiger partial charge on any atom is 0.264 e. The number of rotatable bonds is 7. The van der Waals surface area contributed by atoms with Crippen LogP contribution in [0.4, 0.5) is 11.4 Å². The van der Waals surface area contributed by atoms with Crippen LogP contribution in [0.15, 0.2) is 83.8 Å². The fourth-order valence-electron chi connectivity index (χ4n) is 2.90. The van der Waals surface area contributed by atoms with Gasteiger partial charge in [0.1, 0.15) is 5.75 Å². The molecule has 3 aromatic rings. The van der Waals surface area contributed by atoms with Crippen LogP contribution in [-0.2, 0) is 21.2 Å². The maximum atomic E-state index is 12.9. The highest BCUT2D eigenvalue weighted by molar-refractivity contribution is 7.92. The Morgan fingerprint density at radius 3 is 2.38 bits per heavy atom. The minimum absolute atomic E-state index is 0.0962. The van der Waals surface area contributed by atoms with E-state index < -0.39 is 10.0 Å². The summed E-state index contributed by atoms with van der Waals surface area (Å²) in [6.07, 6.45) is 0.116. The minimum Gasteiger partial charge on any atom is -0.496 e. The van der Waals surface area contributed by atoms with Crippen LogP contribution < -0.4 is 14.4 Å². The van der Waals surface area contributed by atoms with Gasteiger partial charge in [-0.05, 0) is 36.4 Å². The zero-order valence-corrected chi connectivity index (χ0v) is 17.0. The van der Waals surface area contributed by atoms with Gasteiger partial charge in [0.05, 0.1) is 24.1 Å². The molecule has 0 bridgehead atoms. The molecular weight excluding hydrogens is 388 g/mol. The number of ether oxygens (including phenoxy) is 1. The van der Waals surface area contributed by atoms with E-state index in [-0.39, 0.29) is 17.2 Å². The van der Waals surface area contributed by atoms with Crippen molar-refractivity contribution in [2.24, 2.45) is 0 Å². The molecular formula is C22H22N2O4S. The third-order valence-electron chi connectivity index (χ3n) is 4.44. The lowest BCUT2D eigenvalue weighted by Gasteiger charge is -2.20. The molecule has 3 aromatic carbocycles. The van der Waals surface area contributed by atoms with Crippen LogP contribution in [0.3, 0.4) is 0 Å². The number of anilines is 2. The highest BCUT2D eigenvalue weighted by Crippen LogP contribution is 2.24. The number of para-hydroxylation sites is 2. The van der Waals surface area contributed by atoms with Gasteiger partial charge in [-0.25, -0.2) is 8.42 Å². The van der Waals surface area contributed by atoms with Crippen molar-refractivity contribution in [1.29, 1.82) is 0 Å². The second-order valence-electron chi connectivity index (χ2n) is 6.37. The van der Waals surface area contributed by atoms with Gasteiger partial charge in [0.2, 0.25) is 5.91 Å². The van der Waals surface area contributed by atoms with Gasteiger partial charge in [0, 0.05) is 18.3 Å². The first-order chi connectivity index (χ1) is 13.9. The third kappa shape index (κ3) is 4.75. The SMILES string of the molecule is COc1ccccc1CC(=O)Nc1cccc(S(=O)(=O)N(C)c2ccccc2)c1. The summed E-state index contributed by atoms with van der Waals surface area (Å²) < 4.78 is 32.4. The monoisotopic (exact) mass is 410 g/mol. The lowest BCUT2D eigenvalue weighted by molar-refractivity contribution is -0.115. The molecule has 29 heavy (non-hydrogen) atoms. The molecule has 0 aliphatic heterocycles. The molecule has 0 heterocycles. The molecule has 1 amide bonds. The van der Waals surface area contributed by atoms with Crippen LogP contribution in [0, 0.1) is 0 Å². The number of hydrogen-bond acceptors (Lipinski definition) is 4. The Balaban J connectivity index is 1.78. The summed E-state index contributed by atoms with van der Waals surface area (Å²) in [6, 6.07) is 22.3. The molecule has 0 saturated heterocycles. The van der Waals surface area contributed by atoms with E-state index in [1.54, 1.807) is 49.6 Å². The molecule has 0 spiro atoms.